The Morgan fingerprint density at radius 1 is 1.07 bits per heavy atom. The smallest absolute Gasteiger partial charge is 0.414 e. The van der Waals surface area contributed by atoms with Gasteiger partial charge >= 0.3 is 6.09 Å². The number of benzene rings is 2. The van der Waals surface area contributed by atoms with Crippen molar-refractivity contribution in [2.24, 2.45) is 0 Å². The molecule has 0 saturated carbocycles. The zero-order chi connectivity index (χ0) is 18.6. The number of cyclic esters (lactones) is 1. The van der Waals surface area contributed by atoms with Gasteiger partial charge in [-0.3, -0.25) is 9.69 Å². The lowest BCUT2D eigenvalue weighted by atomic mass is 10.2. The van der Waals surface area contributed by atoms with Crippen LogP contribution in [0.15, 0.2) is 42.5 Å². The maximum absolute atomic E-state index is 12.2. The summed E-state index contributed by atoms with van der Waals surface area (Å²) in [6.45, 7) is 1.34. The van der Waals surface area contributed by atoms with Crippen LogP contribution in [0.2, 0.25) is 0 Å². The predicted octanol–water partition coefficient (Wildman–Crippen LogP) is 2.15. The first-order chi connectivity index (χ1) is 13.2. The number of hydrogen-bond donors (Lipinski definition) is 1. The van der Waals surface area contributed by atoms with Crippen LogP contribution in [0.25, 0.3) is 0 Å². The maximum Gasteiger partial charge on any atom is 0.414 e. The normalized spacial score (nSPS) is 14.4. The fourth-order valence-corrected chi connectivity index (χ4v) is 2.76. The Bertz CT molecular complexity index is 943. The lowest BCUT2D eigenvalue weighted by Gasteiger charge is -2.11. The van der Waals surface area contributed by atoms with Crippen molar-refractivity contribution in [3.63, 3.8) is 0 Å². The van der Waals surface area contributed by atoms with Gasteiger partial charge in [-0.2, -0.15) is 0 Å². The molecule has 2 aliphatic heterocycles. The molecule has 2 aliphatic rings. The molecule has 1 N–H and O–H groups in total. The summed E-state index contributed by atoms with van der Waals surface area (Å²) in [4.78, 5) is 25.3. The third kappa shape index (κ3) is 3.65. The Hall–Kier alpha value is -3.66. The van der Waals surface area contributed by atoms with Crippen LogP contribution >= 0.6 is 0 Å². The monoisotopic (exact) mass is 364 g/mol. The zero-order valence-electron chi connectivity index (χ0n) is 14.4. The molecule has 0 aromatic heterocycles. The fraction of sp³-hybridized carbons (Fsp3) is 0.200. The molecule has 1 fully saturated rings. The fourth-order valence-electron chi connectivity index (χ4n) is 2.76. The Labute approximate surface area is 155 Å². The molecule has 27 heavy (non-hydrogen) atoms. The number of amides is 2. The lowest BCUT2D eigenvalue weighted by molar-refractivity contribution is 0.0958. The van der Waals surface area contributed by atoms with Gasteiger partial charge in [0.2, 0.25) is 6.79 Å². The summed E-state index contributed by atoms with van der Waals surface area (Å²) in [5.41, 5.74) is 2.06. The third-order valence-electron chi connectivity index (χ3n) is 4.14. The van der Waals surface area contributed by atoms with Gasteiger partial charge in [-0.1, -0.05) is 11.8 Å². The third-order valence-corrected chi connectivity index (χ3v) is 4.14. The van der Waals surface area contributed by atoms with Crippen molar-refractivity contribution in [1.29, 1.82) is 0 Å². The number of nitrogens with zero attached hydrogens (tertiary/aromatic N) is 1. The minimum absolute atomic E-state index is 0.170. The van der Waals surface area contributed by atoms with Gasteiger partial charge in [0.05, 0.1) is 13.1 Å². The average molecular weight is 364 g/mol. The summed E-state index contributed by atoms with van der Waals surface area (Å²) in [6.07, 6.45) is -0.333. The number of ether oxygens (including phenoxy) is 3. The van der Waals surface area contributed by atoms with Crippen LogP contribution in [0.5, 0.6) is 11.5 Å². The first-order valence-corrected chi connectivity index (χ1v) is 8.42. The summed E-state index contributed by atoms with van der Waals surface area (Å²) in [5, 5.41) is 2.74. The Morgan fingerprint density at radius 3 is 2.67 bits per heavy atom. The summed E-state index contributed by atoms with van der Waals surface area (Å²) in [5.74, 6) is 6.86. The van der Waals surface area contributed by atoms with Crippen molar-refractivity contribution in [2.45, 2.75) is 0 Å². The summed E-state index contributed by atoms with van der Waals surface area (Å²) < 4.78 is 15.4. The van der Waals surface area contributed by atoms with E-state index in [9.17, 15) is 9.59 Å². The van der Waals surface area contributed by atoms with E-state index in [-0.39, 0.29) is 25.3 Å². The van der Waals surface area contributed by atoms with E-state index in [2.05, 4.69) is 17.2 Å². The van der Waals surface area contributed by atoms with Crippen LogP contribution in [-0.2, 0) is 4.74 Å². The second-order valence-corrected chi connectivity index (χ2v) is 5.87. The van der Waals surface area contributed by atoms with E-state index in [1.165, 1.54) is 0 Å². The Morgan fingerprint density at radius 2 is 1.89 bits per heavy atom. The van der Waals surface area contributed by atoms with Crippen molar-refractivity contribution in [2.75, 3.05) is 31.4 Å². The minimum Gasteiger partial charge on any atom is -0.454 e. The molecule has 0 radical (unpaired) electrons. The molecule has 0 aliphatic carbocycles. The number of carbonyl (C=O) groups is 2. The zero-order valence-corrected chi connectivity index (χ0v) is 14.4. The standard InChI is InChI=1S/C20H16N2O5/c23-19(15-5-8-17-18(12-15)27-13-26-17)21-9-1-2-14-3-6-16(7-4-14)22-10-11-25-20(22)24/h3-8,12H,9-11,13H2,(H,21,23). The van der Waals surface area contributed by atoms with E-state index in [1.54, 1.807) is 23.1 Å². The van der Waals surface area contributed by atoms with Crippen LogP contribution in [0, 0.1) is 11.8 Å². The lowest BCUT2D eigenvalue weighted by Crippen LogP contribution is -2.23. The van der Waals surface area contributed by atoms with E-state index in [0.29, 0.717) is 30.2 Å². The second-order valence-electron chi connectivity index (χ2n) is 5.87. The van der Waals surface area contributed by atoms with Gasteiger partial charge in [-0.05, 0) is 42.5 Å². The van der Waals surface area contributed by atoms with Gasteiger partial charge in [0.15, 0.2) is 11.5 Å². The average Bonchev–Trinajstić information content (AvgIpc) is 3.33. The summed E-state index contributed by atoms with van der Waals surface area (Å²) in [6, 6.07) is 12.3. The van der Waals surface area contributed by atoms with Crippen molar-refractivity contribution in [3.8, 4) is 23.3 Å². The van der Waals surface area contributed by atoms with E-state index in [1.807, 2.05) is 24.3 Å². The molecule has 136 valence electrons. The molecule has 0 unspecified atom stereocenters. The molecule has 7 nitrogen and oxygen atoms in total. The molecule has 1 saturated heterocycles. The van der Waals surface area contributed by atoms with Crippen molar-refractivity contribution >= 4 is 17.7 Å². The number of fused-ring (bicyclic) bond motifs is 1. The van der Waals surface area contributed by atoms with Crippen molar-refractivity contribution in [3.05, 3.63) is 53.6 Å². The summed E-state index contributed by atoms with van der Waals surface area (Å²) in [7, 11) is 0. The largest absolute Gasteiger partial charge is 0.454 e. The molecular formula is C20H16N2O5. The highest BCUT2D eigenvalue weighted by Gasteiger charge is 2.23. The minimum atomic E-state index is -0.333. The first-order valence-electron chi connectivity index (χ1n) is 8.42. The van der Waals surface area contributed by atoms with Gasteiger partial charge in [-0.25, -0.2) is 4.79 Å². The molecule has 2 aromatic carbocycles. The SMILES string of the molecule is O=C(NCC#Cc1ccc(N2CCOC2=O)cc1)c1ccc2c(c1)OCO2. The second kappa shape index (κ2) is 7.30. The molecule has 7 heteroatoms. The van der Waals surface area contributed by atoms with Gasteiger partial charge in [0, 0.05) is 16.8 Å². The van der Waals surface area contributed by atoms with E-state index in [0.717, 1.165) is 11.3 Å². The molecule has 0 spiro atoms. The highest BCUT2D eigenvalue weighted by Crippen LogP contribution is 2.32. The molecule has 2 aromatic rings. The van der Waals surface area contributed by atoms with Crippen molar-refractivity contribution < 1.29 is 23.8 Å². The number of carbonyl (C=O) groups excluding carboxylic acids is 2. The number of nitrogens with one attached hydrogen (secondary N) is 1. The predicted molar refractivity (Wildman–Crippen MR) is 96.9 cm³/mol. The van der Waals surface area contributed by atoms with Crippen molar-refractivity contribution in [1.82, 2.24) is 5.32 Å². The van der Waals surface area contributed by atoms with Gasteiger partial charge < -0.3 is 19.5 Å². The molecule has 2 heterocycles. The molecule has 4 rings (SSSR count). The quantitative estimate of drug-likeness (QED) is 0.845. The Kier molecular flexibility index (Phi) is 4.54. The maximum atomic E-state index is 12.2. The molecular weight excluding hydrogens is 348 g/mol. The highest BCUT2D eigenvalue weighted by molar-refractivity contribution is 5.95. The van der Waals surface area contributed by atoms with Gasteiger partial charge in [0.1, 0.15) is 6.61 Å². The molecule has 0 atom stereocenters. The van der Waals surface area contributed by atoms with Crippen LogP contribution in [0.4, 0.5) is 10.5 Å². The topological polar surface area (TPSA) is 77.1 Å². The molecule has 2 amide bonds. The number of hydrogen-bond acceptors (Lipinski definition) is 5. The van der Waals surface area contributed by atoms with Crippen LogP contribution in [0.3, 0.4) is 0 Å². The van der Waals surface area contributed by atoms with Crippen LogP contribution in [-0.4, -0.2) is 38.5 Å². The highest BCUT2D eigenvalue weighted by atomic mass is 16.7. The van der Waals surface area contributed by atoms with E-state index < -0.39 is 0 Å². The number of anilines is 1. The number of rotatable bonds is 3. The van der Waals surface area contributed by atoms with E-state index >= 15 is 0 Å². The van der Waals surface area contributed by atoms with E-state index in [4.69, 9.17) is 14.2 Å². The molecule has 0 bridgehead atoms. The van der Waals surface area contributed by atoms with Crippen LogP contribution < -0.4 is 19.7 Å². The first kappa shape index (κ1) is 16.8. The van der Waals surface area contributed by atoms with Gasteiger partial charge in [-0.15, -0.1) is 0 Å². The Balaban J connectivity index is 1.32. The van der Waals surface area contributed by atoms with Crippen LogP contribution in [0.1, 0.15) is 15.9 Å². The summed E-state index contributed by atoms with van der Waals surface area (Å²) >= 11 is 0. The van der Waals surface area contributed by atoms with Gasteiger partial charge in [0.25, 0.3) is 5.91 Å².